The van der Waals surface area contributed by atoms with E-state index in [9.17, 15) is 9.59 Å². The average Bonchev–Trinajstić information content (AvgIpc) is 3.36. The maximum atomic E-state index is 13.6. The molecule has 2 heterocycles. The van der Waals surface area contributed by atoms with Gasteiger partial charge in [-0.05, 0) is 62.4 Å². The highest BCUT2D eigenvalue weighted by Gasteiger charge is 2.19. The number of fused-ring (bicyclic) bond motifs is 2. The van der Waals surface area contributed by atoms with Crippen molar-refractivity contribution in [1.82, 2.24) is 9.66 Å². The van der Waals surface area contributed by atoms with Crippen LogP contribution >= 0.6 is 15.9 Å². The van der Waals surface area contributed by atoms with Crippen LogP contribution in [0.4, 0.5) is 5.69 Å². The fourth-order valence-corrected chi connectivity index (χ4v) is 4.52. The lowest BCUT2D eigenvalue weighted by Gasteiger charge is -2.18. The number of halogens is 1. The molecule has 0 radical (unpaired) electrons. The number of carbonyl (C=O) groups is 1. The molecule has 0 fully saturated rings. The predicted molar refractivity (Wildman–Crippen MR) is 159 cm³/mol. The molecule has 0 aliphatic carbocycles. The molecular formula is C30H27BrN4O5. The number of ether oxygens (including phenoxy) is 2. The second-order valence-electron chi connectivity index (χ2n) is 9.24. The summed E-state index contributed by atoms with van der Waals surface area (Å²) in [6, 6.07) is 20.1. The number of hydrogen-bond acceptors (Lipinski definition) is 8. The first-order valence-electron chi connectivity index (χ1n) is 12.7. The smallest absolute Gasteiger partial charge is 0.347 e. The molecule has 0 amide bonds. The summed E-state index contributed by atoms with van der Waals surface area (Å²) in [6.45, 7) is 3.61. The lowest BCUT2D eigenvalue weighted by Crippen LogP contribution is -2.26. The molecule has 2 aromatic heterocycles. The fraction of sp³-hybridized carbons (Fsp3) is 0.200. The number of benzene rings is 3. The van der Waals surface area contributed by atoms with Crippen molar-refractivity contribution < 1.29 is 18.7 Å². The molecule has 9 nitrogen and oxygen atoms in total. The van der Waals surface area contributed by atoms with Crippen molar-refractivity contribution in [1.29, 1.82) is 0 Å². The molecule has 5 aromatic rings. The van der Waals surface area contributed by atoms with Gasteiger partial charge in [-0.15, -0.1) is 0 Å². The van der Waals surface area contributed by atoms with E-state index < -0.39 is 12.1 Å². The topological polar surface area (TPSA) is 99.2 Å². The minimum Gasteiger partial charge on any atom is -0.478 e. The van der Waals surface area contributed by atoms with Gasteiger partial charge in [-0.2, -0.15) is 9.78 Å². The Morgan fingerprint density at radius 1 is 1.15 bits per heavy atom. The van der Waals surface area contributed by atoms with E-state index in [0.29, 0.717) is 33.6 Å². The first kappa shape index (κ1) is 27.1. The standard InChI is InChI=1S/C30H27BrN4O5/c1-5-38-30(37)18(2)39-26-16-22(34(3)4)12-10-19(26)17-32-35-28(33-24-9-7-6-8-23(24)29(35)36)27-15-20-14-21(31)11-13-25(20)40-27/h6-18H,5H2,1-4H3/t18-/m0/s1. The highest BCUT2D eigenvalue weighted by molar-refractivity contribution is 9.10. The Labute approximate surface area is 238 Å². The van der Waals surface area contributed by atoms with Crippen molar-refractivity contribution in [3.05, 3.63) is 87.1 Å². The van der Waals surface area contributed by atoms with Crippen LogP contribution in [0, 0.1) is 0 Å². The van der Waals surface area contributed by atoms with E-state index >= 15 is 0 Å². The van der Waals surface area contributed by atoms with Gasteiger partial charge in [0.2, 0.25) is 5.82 Å². The van der Waals surface area contributed by atoms with Crippen LogP contribution in [0.1, 0.15) is 19.4 Å². The van der Waals surface area contributed by atoms with Crippen LogP contribution in [-0.4, -0.2) is 48.7 Å². The molecule has 0 spiro atoms. The van der Waals surface area contributed by atoms with E-state index in [1.807, 2.05) is 61.5 Å². The normalized spacial score (nSPS) is 12.2. The fourth-order valence-electron chi connectivity index (χ4n) is 4.14. The zero-order chi connectivity index (χ0) is 28.4. The van der Waals surface area contributed by atoms with E-state index in [0.717, 1.165) is 15.5 Å². The second kappa shape index (κ2) is 11.4. The van der Waals surface area contributed by atoms with Crippen molar-refractivity contribution in [2.75, 3.05) is 25.6 Å². The lowest BCUT2D eigenvalue weighted by molar-refractivity contribution is -0.150. The van der Waals surface area contributed by atoms with E-state index in [4.69, 9.17) is 18.9 Å². The number of hydrogen-bond donors (Lipinski definition) is 0. The van der Waals surface area contributed by atoms with Gasteiger partial charge < -0.3 is 18.8 Å². The summed E-state index contributed by atoms with van der Waals surface area (Å²) >= 11 is 3.48. The van der Waals surface area contributed by atoms with Crippen LogP contribution in [0.25, 0.3) is 33.5 Å². The molecule has 204 valence electrons. The molecule has 40 heavy (non-hydrogen) atoms. The molecule has 0 saturated carbocycles. The number of esters is 1. The molecule has 1 atom stereocenters. The van der Waals surface area contributed by atoms with Crippen molar-refractivity contribution in [2.24, 2.45) is 5.10 Å². The van der Waals surface area contributed by atoms with Crippen LogP contribution in [0.5, 0.6) is 5.75 Å². The van der Waals surface area contributed by atoms with Crippen LogP contribution in [0.15, 0.2) is 85.5 Å². The Balaban J connectivity index is 1.63. The Hall–Kier alpha value is -4.44. The maximum Gasteiger partial charge on any atom is 0.347 e. The summed E-state index contributed by atoms with van der Waals surface area (Å²) in [5.41, 5.74) is 2.24. The van der Waals surface area contributed by atoms with Crippen LogP contribution < -0.4 is 15.2 Å². The highest BCUT2D eigenvalue weighted by Crippen LogP contribution is 2.30. The van der Waals surface area contributed by atoms with E-state index in [1.165, 1.54) is 10.9 Å². The third kappa shape index (κ3) is 5.48. The first-order valence-corrected chi connectivity index (χ1v) is 13.4. The number of rotatable bonds is 8. The monoisotopic (exact) mass is 602 g/mol. The second-order valence-corrected chi connectivity index (χ2v) is 10.2. The average molecular weight is 603 g/mol. The summed E-state index contributed by atoms with van der Waals surface area (Å²) in [5, 5.41) is 5.82. The van der Waals surface area contributed by atoms with E-state index in [-0.39, 0.29) is 18.0 Å². The van der Waals surface area contributed by atoms with Gasteiger partial charge in [0.05, 0.1) is 23.7 Å². The molecular weight excluding hydrogens is 576 g/mol. The molecule has 5 rings (SSSR count). The number of anilines is 1. The van der Waals surface area contributed by atoms with Gasteiger partial charge in [-0.25, -0.2) is 9.78 Å². The van der Waals surface area contributed by atoms with Crippen molar-refractivity contribution >= 4 is 55.7 Å². The molecule has 0 N–H and O–H groups in total. The summed E-state index contributed by atoms with van der Waals surface area (Å²) in [5.74, 6) is 0.574. The van der Waals surface area contributed by atoms with Gasteiger partial charge >= 0.3 is 5.97 Å². The minimum atomic E-state index is -0.847. The number of furan rings is 1. The van der Waals surface area contributed by atoms with E-state index in [1.54, 1.807) is 38.1 Å². The van der Waals surface area contributed by atoms with Crippen LogP contribution in [0.2, 0.25) is 0 Å². The maximum absolute atomic E-state index is 13.6. The third-order valence-corrected chi connectivity index (χ3v) is 6.69. The minimum absolute atomic E-state index is 0.248. The number of nitrogens with zero attached hydrogens (tertiary/aromatic N) is 4. The zero-order valence-electron chi connectivity index (χ0n) is 22.4. The van der Waals surface area contributed by atoms with Crippen molar-refractivity contribution in [3.8, 4) is 17.3 Å². The molecule has 0 unspecified atom stereocenters. The summed E-state index contributed by atoms with van der Waals surface area (Å²) in [6.07, 6.45) is 0.660. The van der Waals surface area contributed by atoms with Gasteiger partial charge in [-0.3, -0.25) is 4.79 Å². The summed E-state index contributed by atoms with van der Waals surface area (Å²) < 4.78 is 19.3. The first-order chi connectivity index (χ1) is 19.2. The van der Waals surface area contributed by atoms with Gasteiger partial charge in [0.25, 0.3) is 5.56 Å². The summed E-state index contributed by atoms with van der Waals surface area (Å²) in [7, 11) is 3.81. The lowest BCUT2D eigenvalue weighted by atomic mass is 10.2. The number of para-hydroxylation sites is 1. The van der Waals surface area contributed by atoms with Gasteiger partial charge in [0.1, 0.15) is 11.3 Å². The van der Waals surface area contributed by atoms with Crippen molar-refractivity contribution in [2.45, 2.75) is 20.0 Å². The number of carbonyl (C=O) groups excluding carboxylic acids is 1. The van der Waals surface area contributed by atoms with Crippen LogP contribution in [0.3, 0.4) is 0 Å². The van der Waals surface area contributed by atoms with Crippen LogP contribution in [-0.2, 0) is 9.53 Å². The summed E-state index contributed by atoms with van der Waals surface area (Å²) in [4.78, 5) is 32.6. The quantitative estimate of drug-likeness (QED) is 0.162. The molecule has 0 saturated heterocycles. The third-order valence-electron chi connectivity index (χ3n) is 6.20. The Bertz CT molecular complexity index is 1810. The van der Waals surface area contributed by atoms with Gasteiger partial charge in [-0.1, -0.05) is 28.1 Å². The SMILES string of the molecule is CCOC(=O)[C@H](C)Oc1cc(N(C)C)ccc1C=Nn1c(-c2cc3cc(Br)ccc3o2)nc2ccccc2c1=O. The molecule has 0 aliphatic rings. The molecule has 10 heteroatoms. The largest absolute Gasteiger partial charge is 0.478 e. The Kier molecular flexibility index (Phi) is 7.70. The Morgan fingerprint density at radius 3 is 2.73 bits per heavy atom. The molecule has 0 bridgehead atoms. The number of aromatic nitrogens is 2. The zero-order valence-corrected chi connectivity index (χ0v) is 24.0. The van der Waals surface area contributed by atoms with E-state index in [2.05, 4.69) is 21.0 Å². The molecule has 3 aromatic carbocycles. The molecule has 0 aliphatic heterocycles. The predicted octanol–water partition coefficient (Wildman–Crippen LogP) is 5.85. The van der Waals surface area contributed by atoms with Crippen molar-refractivity contribution in [3.63, 3.8) is 0 Å². The Morgan fingerprint density at radius 2 is 1.95 bits per heavy atom. The van der Waals surface area contributed by atoms with Gasteiger partial charge in [0, 0.05) is 41.3 Å². The van der Waals surface area contributed by atoms with Gasteiger partial charge in [0.15, 0.2) is 11.9 Å². The highest BCUT2D eigenvalue weighted by atomic mass is 79.9.